The zero-order valence-electron chi connectivity index (χ0n) is 18.6. The van der Waals surface area contributed by atoms with Crippen LogP contribution in [-0.4, -0.2) is 36.2 Å². The molecule has 1 unspecified atom stereocenters. The SMILES string of the molecule is O=C(c1ccc2c(c1)OCO2)[C@@H]1[C@@H](c2ccccc2)[C@@H]2CSC[NH+]2[C@@]12C(=O)Nc1ccc(F)cc12. The van der Waals surface area contributed by atoms with Crippen LogP contribution in [0.15, 0.2) is 66.7 Å². The van der Waals surface area contributed by atoms with E-state index in [4.69, 9.17) is 9.47 Å². The van der Waals surface area contributed by atoms with E-state index in [1.807, 2.05) is 30.3 Å². The van der Waals surface area contributed by atoms with Gasteiger partial charge in [0.15, 0.2) is 17.3 Å². The normalized spacial score (nSPS) is 29.8. The second-order valence-corrected chi connectivity index (χ2v) is 10.5. The number of carbonyl (C=O) groups excluding carboxylic acids is 2. The number of benzene rings is 3. The van der Waals surface area contributed by atoms with Crippen LogP contribution in [0.1, 0.15) is 27.4 Å². The maximum Gasteiger partial charge on any atom is 0.291 e. The third-order valence-corrected chi connectivity index (χ3v) is 9.01. The van der Waals surface area contributed by atoms with Crippen molar-refractivity contribution in [2.75, 3.05) is 23.7 Å². The Labute approximate surface area is 205 Å². The van der Waals surface area contributed by atoms with Crippen molar-refractivity contribution in [3.8, 4) is 11.5 Å². The summed E-state index contributed by atoms with van der Waals surface area (Å²) in [7, 11) is 0. The Bertz CT molecular complexity index is 1380. The molecular weight excluding hydrogens is 467 g/mol. The van der Waals surface area contributed by atoms with Gasteiger partial charge < -0.3 is 19.7 Å². The lowest BCUT2D eigenvalue weighted by molar-refractivity contribution is -0.941. The van der Waals surface area contributed by atoms with Crippen LogP contribution in [-0.2, 0) is 10.3 Å². The molecule has 35 heavy (non-hydrogen) atoms. The molecule has 8 heteroatoms. The molecule has 7 rings (SSSR count). The molecule has 2 N–H and O–H groups in total. The molecule has 176 valence electrons. The highest BCUT2D eigenvalue weighted by atomic mass is 32.2. The third kappa shape index (κ3) is 2.81. The van der Waals surface area contributed by atoms with E-state index in [2.05, 4.69) is 5.32 Å². The molecule has 1 spiro atoms. The molecule has 1 amide bonds. The number of halogens is 1. The quantitative estimate of drug-likeness (QED) is 0.554. The second-order valence-electron chi connectivity index (χ2n) is 9.45. The number of anilines is 1. The molecule has 3 aromatic rings. The van der Waals surface area contributed by atoms with Gasteiger partial charge in [-0.2, -0.15) is 0 Å². The maximum atomic E-state index is 14.6. The van der Waals surface area contributed by atoms with Gasteiger partial charge in [0.1, 0.15) is 23.7 Å². The number of ether oxygens (including phenoxy) is 2. The number of hydrogen-bond acceptors (Lipinski definition) is 5. The first-order valence-corrected chi connectivity index (χ1v) is 12.8. The van der Waals surface area contributed by atoms with Gasteiger partial charge >= 0.3 is 0 Å². The van der Waals surface area contributed by atoms with E-state index < -0.39 is 17.3 Å². The molecular formula is C27H22FN2O4S+. The summed E-state index contributed by atoms with van der Waals surface area (Å²) in [5.74, 6) is 0.880. The Morgan fingerprint density at radius 1 is 1.06 bits per heavy atom. The Hall–Kier alpha value is -3.36. The highest BCUT2D eigenvalue weighted by Gasteiger charge is 2.73. The Balaban J connectivity index is 1.47. The summed E-state index contributed by atoms with van der Waals surface area (Å²) in [6, 6.07) is 19.5. The van der Waals surface area contributed by atoms with Crippen molar-refractivity contribution >= 4 is 29.1 Å². The molecule has 3 aromatic carbocycles. The molecule has 4 aliphatic rings. The van der Waals surface area contributed by atoms with Gasteiger partial charge in [0.05, 0.1) is 17.4 Å². The minimum absolute atomic E-state index is 0.0327. The highest BCUT2D eigenvalue weighted by Crippen LogP contribution is 2.52. The van der Waals surface area contributed by atoms with Crippen molar-refractivity contribution in [3.63, 3.8) is 0 Å². The monoisotopic (exact) mass is 489 g/mol. The molecule has 2 saturated heterocycles. The number of hydrogen-bond donors (Lipinski definition) is 2. The molecule has 0 radical (unpaired) electrons. The van der Waals surface area contributed by atoms with Gasteiger partial charge in [0.25, 0.3) is 5.91 Å². The summed E-state index contributed by atoms with van der Waals surface area (Å²) < 4.78 is 25.6. The third-order valence-electron chi connectivity index (χ3n) is 7.91. The van der Waals surface area contributed by atoms with Gasteiger partial charge in [-0.15, -0.1) is 0 Å². The summed E-state index contributed by atoms with van der Waals surface area (Å²) in [5.41, 5.74) is 1.41. The first-order valence-electron chi connectivity index (χ1n) is 11.6. The Kier molecular flexibility index (Phi) is 4.53. The first-order chi connectivity index (χ1) is 17.1. The van der Waals surface area contributed by atoms with Gasteiger partial charge in [-0.3, -0.25) is 9.59 Å². The Morgan fingerprint density at radius 2 is 1.89 bits per heavy atom. The molecule has 5 atom stereocenters. The topological polar surface area (TPSA) is 69.1 Å². The van der Waals surface area contributed by atoms with E-state index in [0.717, 1.165) is 16.2 Å². The van der Waals surface area contributed by atoms with Crippen LogP contribution in [0.3, 0.4) is 0 Å². The van der Waals surface area contributed by atoms with Crippen LogP contribution < -0.4 is 19.7 Å². The van der Waals surface area contributed by atoms with Crippen molar-refractivity contribution in [1.29, 1.82) is 0 Å². The smallest absolute Gasteiger partial charge is 0.291 e. The molecule has 4 aliphatic heterocycles. The number of Topliss-reactive ketones (excluding diaryl/α,β-unsaturated/α-hetero) is 1. The van der Waals surface area contributed by atoms with Crippen LogP contribution in [0, 0.1) is 11.7 Å². The van der Waals surface area contributed by atoms with Gasteiger partial charge in [0.2, 0.25) is 12.3 Å². The fourth-order valence-electron chi connectivity index (χ4n) is 6.54. The summed E-state index contributed by atoms with van der Waals surface area (Å²) in [6.07, 6.45) is 0. The number of amides is 1. The van der Waals surface area contributed by atoms with E-state index in [1.54, 1.807) is 36.0 Å². The lowest BCUT2D eigenvalue weighted by atomic mass is 9.69. The summed E-state index contributed by atoms with van der Waals surface area (Å²) >= 11 is 1.77. The van der Waals surface area contributed by atoms with E-state index in [9.17, 15) is 14.0 Å². The number of rotatable bonds is 3. The first kappa shape index (κ1) is 21.0. The number of ketones is 1. The maximum absolute atomic E-state index is 14.6. The van der Waals surface area contributed by atoms with Gasteiger partial charge in [0, 0.05) is 11.1 Å². The highest BCUT2D eigenvalue weighted by molar-refractivity contribution is 7.99. The van der Waals surface area contributed by atoms with E-state index >= 15 is 0 Å². The van der Waals surface area contributed by atoms with Crippen LogP contribution >= 0.6 is 11.8 Å². The predicted molar refractivity (Wildman–Crippen MR) is 128 cm³/mol. The fraction of sp³-hybridized carbons (Fsp3) is 0.259. The molecule has 0 saturated carbocycles. The number of quaternary nitrogens is 1. The summed E-state index contributed by atoms with van der Waals surface area (Å²) in [5, 5.41) is 2.99. The number of fused-ring (bicyclic) bond motifs is 5. The standard InChI is InChI=1S/C27H21FN2O4S/c28-17-7-8-19-18(11-17)27(26(32)29-19)24(25(31)16-6-9-21-22(10-16)34-14-33-21)23(15-4-2-1-3-5-15)20-12-35-13-30(20)27/h1-11,20,23-24H,12-14H2,(H,29,32)/p+1/t20-,23-,24-,27+/m0/s1. The fourth-order valence-corrected chi connectivity index (χ4v) is 7.99. The molecule has 0 bridgehead atoms. The predicted octanol–water partition coefficient (Wildman–Crippen LogP) is 2.96. The molecule has 0 aromatic heterocycles. The second kappa shape index (κ2) is 7.57. The average molecular weight is 490 g/mol. The zero-order chi connectivity index (χ0) is 23.7. The van der Waals surface area contributed by atoms with Crippen molar-refractivity contribution < 1.29 is 28.4 Å². The van der Waals surface area contributed by atoms with Crippen molar-refractivity contribution in [2.45, 2.75) is 17.5 Å². The Morgan fingerprint density at radius 3 is 2.74 bits per heavy atom. The van der Waals surface area contributed by atoms with E-state index in [-0.39, 0.29) is 30.4 Å². The number of thioether (sulfide) groups is 1. The lowest BCUT2D eigenvalue weighted by Crippen LogP contribution is -3.19. The zero-order valence-corrected chi connectivity index (χ0v) is 19.4. The molecule has 6 nitrogen and oxygen atoms in total. The number of nitrogens with one attached hydrogen (secondary N) is 2. The van der Waals surface area contributed by atoms with Gasteiger partial charge in [-0.25, -0.2) is 4.39 Å². The largest absolute Gasteiger partial charge is 0.454 e. The summed E-state index contributed by atoms with van der Waals surface area (Å²) in [6.45, 7) is 0.110. The van der Waals surface area contributed by atoms with Crippen molar-refractivity contribution in [2.24, 2.45) is 5.92 Å². The van der Waals surface area contributed by atoms with Gasteiger partial charge in [-0.1, -0.05) is 42.1 Å². The molecule has 0 aliphatic carbocycles. The van der Waals surface area contributed by atoms with Crippen LogP contribution in [0.25, 0.3) is 0 Å². The van der Waals surface area contributed by atoms with Crippen molar-refractivity contribution in [1.82, 2.24) is 0 Å². The molecule has 2 fully saturated rings. The van der Waals surface area contributed by atoms with Crippen LogP contribution in [0.5, 0.6) is 11.5 Å². The number of carbonyl (C=O) groups is 2. The van der Waals surface area contributed by atoms with Crippen molar-refractivity contribution in [3.05, 3.63) is 89.2 Å². The minimum atomic E-state index is -1.22. The van der Waals surface area contributed by atoms with Crippen LogP contribution in [0.4, 0.5) is 10.1 Å². The lowest BCUT2D eigenvalue weighted by Gasteiger charge is -2.33. The van der Waals surface area contributed by atoms with Gasteiger partial charge in [-0.05, 0) is 42.0 Å². The minimum Gasteiger partial charge on any atom is -0.454 e. The van der Waals surface area contributed by atoms with Crippen LogP contribution in [0.2, 0.25) is 0 Å². The molecule has 4 heterocycles. The summed E-state index contributed by atoms with van der Waals surface area (Å²) in [4.78, 5) is 29.5. The average Bonchev–Trinajstić information content (AvgIpc) is 3.63. The van der Waals surface area contributed by atoms with E-state index in [1.165, 1.54) is 12.1 Å². The van der Waals surface area contributed by atoms with E-state index in [0.29, 0.717) is 34.2 Å².